The molecule has 22 heavy (non-hydrogen) atoms. The van der Waals surface area contributed by atoms with Gasteiger partial charge < -0.3 is 15.7 Å². The lowest BCUT2D eigenvalue weighted by atomic mass is 10.0. The summed E-state index contributed by atoms with van der Waals surface area (Å²) in [6, 6.07) is 10.0. The lowest BCUT2D eigenvalue weighted by molar-refractivity contribution is 0.162. The Bertz CT molecular complexity index is 687. The van der Waals surface area contributed by atoms with Crippen molar-refractivity contribution in [2.24, 2.45) is 0 Å². The molecule has 4 heteroatoms. The van der Waals surface area contributed by atoms with Gasteiger partial charge in [-0.25, -0.2) is 4.79 Å². The Kier molecular flexibility index (Phi) is 4.29. The van der Waals surface area contributed by atoms with Crippen molar-refractivity contribution in [1.29, 1.82) is 0 Å². The molecule has 0 aliphatic heterocycles. The van der Waals surface area contributed by atoms with Crippen molar-refractivity contribution in [3.63, 3.8) is 0 Å². The van der Waals surface area contributed by atoms with Gasteiger partial charge in [0.2, 0.25) is 0 Å². The van der Waals surface area contributed by atoms with Crippen molar-refractivity contribution < 1.29 is 9.90 Å². The molecule has 116 valence electrons. The lowest BCUT2D eigenvalue weighted by Crippen LogP contribution is -2.35. The Morgan fingerprint density at radius 3 is 2.77 bits per heavy atom. The topological polar surface area (TPSA) is 61.4 Å². The van der Waals surface area contributed by atoms with E-state index in [2.05, 4.69) is 28.8 Å². The maximum atomic E-state index is 12.0. The van der Waals surface area contributed by atoms with Crippen LogP contribution in [0.3, 0.4) is 0 Å². The molecule has 1 atom stereocenters. The van der Waals surface area contributed by atoms with Gasteiger partial charge in [-0.05, 0) is 41.8 Å². The number of benzene rings is 2. The minimum atomic E-state index is -0.483. The van der Waals surface area contributed by atoms with E-state index in [9.17, 15) is 9.90 Å². The number of carbonyl (C=O) groups excluding carboxylic acids is 1. The molecule has 1 aliphatic carbocycles. The third kappa shape index (κ3) is 2.92. The van der Waals surface area contributed by atoms with Crippen molar-refractivity contribution in [2.45, 2.75) is 38.7 Å². The average Bonchev–Trinajstić information content (AvgIpc) is 2.93. The zero-order chi connectivity index (χ0) is 15.5. The normalized spacial score (nSPS) is 14.1. The molecule has 0 bridgehead atoms. The number of anilines is 1. The molecule has 0 saturated heterocycles. The molecule has 3 rings (SSSR count). The van der Waals surface area contributed by atoms with E-state index in [1.165, 1.54) is 16.5 Å². The number of hydrogen-bond donors (Lipinski definition) is 3. The largest absolute Gasteiger partial charge is 0.391 e. The first-order chi connectivity index (χ1) is 10.7. The Morgan fingerprint density at radius 2 is 2.00 bits per heavy atom. The van der Waals surface area contributed by atoms with Crippen LogP contribution in [-0.4, -0.2) is 23.8 Å². The molecular weight excluding hydrogens is 276 g/mol. The Hall–Kier alpha value is -2.07. The molecule has 2 amide bonds. The van der Waals surface area contributed by atoms with E-state index < -0.39 is 6.10 Å². The van der Waals surface area contributed by atoms with Crippen molar-refractivity contribution in [3.8, 4) is 0 Å². The second-order valence-electron chi connectivity index (χ2n) is 5.89. The average molecular weight is 298 g/mol. The van der Waals surface area contributed by atoms with E-state index in [4.69, 9.17) is 0 Å². The minimum Gasteiger partial charge on any atom is -0.391 e. The van der Waals surface area contributed by atoms with Crippen molar-refractivity contribution in [1.82, 2.24) is 5.32 Å². The zero-order valence-electron chi connectivity index (χ0n) is 12.9. The van der Waals surface area contributed by atoms with Gasteiger partial charge in [0.15, 0.2) is 0 Å². The standard InChI is InChI=1S/C18H22N2O2/c1-2-4-14(21)11-19-18(22)20-16-10-9-13-8-7-12-5-3-6-15(16)17(12)13/h3,5-6,9-10,14,21H,2,4,7-8,11H2,1H3,(H2,19,20,22). The Labute approximate surface area is 130 Å². The monoisotopic (exact) mass is 298 g/mol. The molecule has 3 N–H and O–H groups in total. The SMILES string of the molecule is CCCC(O)CNC(=O)Nc1ccc2c3c(cccc13)CC2. The van der Waals surface area contributed by atoms with Crippen LogP contribution in [0.2, 0.25) is 0 Å². The molecule has 2 aromatic rings. The maximum absolute atomic E-state index is 12.0. The van der Waals surface area contributed by atoms with E-state index in [0.717, 1.165) is 30.3 Å². The van der Waals surface area contributed by atoms with Gasteiger partial charge in [0.25, 0.3) is 0 Å². The first-order valence-electron chi connectivity index (χ1n) is 7.95. The molecule has 0 heterocycles. The van der Waals surface area contributed by atoms with Crippen LogP contribution in [0.15, 0.2) is 30.3 Å². The molecular formula is C18H22N2O2. The highest BCUT2D eigenvalue weighted by atomic mass is 16.3. The van der Waals surface area contributed by atoms with Gasteiger partial charge in [-0.3, -0.25) is 0 Å². The van der Waals surface area contributed by atoms with E-state index in [0.29, 0.717) is 6.42 Å². The molecule has 0 saturated carbocycles. The van der Waals surface area contributed by atoms with Gasteiger partial charge in [0.05, 0.1) is 11.8 Å². The van der Waals surface area contributed by atoms with Crippen LogP contribution >= 0.6 is 0 Å². The van der Waals surface area contributed by atoms with Gasteiger partial charge in [0, 0.05) is 11.9 Å². The summed E-state index contributed by atoms with van der Waals surface area (Å²) in [4.78, 5) is 12.0. The van der Waals surface area contributed by atoms with Crippen molar-refractivity contribution in [2.75, 3.05) is 11.9 Å². The highest BCUT2D eigenvalue weighted by molar-refractivity contribution is 6.04. The fourth-order valence-corrected chi connectivity index (χ4v) is 3.17. The maximum Gasteiger partial charge on any atom is 0.319 e. The number of urea groups is 1. The number of amides is 2. The summed E-state index contributed by atoms with van der Waals surface area (Å²) < 4.78 is 0. The zero-order valence-corrected chi connectivity index (χ0v) is 12.9. The predicted molar refractivity (Wildman–Crippen MR) is 89.3 cm³/mol. The van der Waals surface area contributed by atoms with Crippen LogP contribution in [0.4, 0.5) is 10.5 Å². The van der Waals surface area contributed by atoms with Crippen LogP contribution in [0.5, 0.6) is 0 Å². The fraction of sp³-hybridized carbons (Fsp3) is 0.389. The Morgan fingerprint density at radius 1 is 1.23 bits per heavy atom. The van der Waals surface area contributed by atoms with Crippen LogP contribution < -0.4 is 10.6 Å². The number of carbonyl (C=O) groups is 1. The van der Waals surface area contributed by atoms with Gasteiger partial charge in [-0.15, -0.1) is 0 Å². The van der Waals surface area contributed by atoms with E-state index in [-0.39, 0.29) is 12.6 Å². The third-order valence-corrected chi connectivity index (χ3v) is 4.25. The summed E-state index contributed by atoms with van der Waals surface area (Å²) >= 11 is 0. The van der Waals surface area contributed by atoms with E-state index in [1.807, 2.05) is 19.1 Å². The van der Waals surface area contributed by atoms with Gasteiger partial charge in [0.1, 0.15) is 0 Å². The number of hydrogen-bond acceptors (Lipinski definition) is 2. The predicted octanol–water partition coefficient (Wildman–Crippen LogP) is 3.22. The number of nitrogens with one attached hydrogen (secondary N) is 2. The van der Waals surface area contributed by atoms with E-state index >= 15 is 0 Å². The smallest absolute Gasteiger partial charge is 0.319 e. The summed E-state index contributed by atoms with van der Waals surface area (Å²) in [5, 5.41) is 17.7. The lowest BCUT2D eigenvalue weighted by Gasteiger charge is -2.13. The summed E-state index contributed by atoms with van der Waals surface area (Å²) in [6.07, 6.45) is 3.26. The number of aliphatic hydroxyl groups is 1. The molecule has 0 fully saturated rings. The molecule has 4 nitrogen and oxygen atoms in total. The molecule has 1 unspecified atom stereocenters. The molecule has 2 aromatic carbocycles. The van der Waals surface area contributed by atoms with E-state index in [1.54, 1.807) is 0 Å². The summed E-state index contributed by atoms with van der Waals surface area (Å²) in [5.74, 6) is 0. The Balaban J connectivity index is 1.74. The third-order valence-electron chi connectivity index (χ3n) is 4.25. The highest BCUT2D eigenvalue weighted by Gasteiger charge is 2.16. The van der Waals surface area contributed by atoms with Gasteiger partial charge in [-0.2, -0.15) is 0 Å². The fourth-order valence-electron chi connectivity index (χ4n) is 3.17. The first kappa shape index (κ1) is 14.9. The van der Waals surface area contributed by atoms with Crippen LogP contribution in [0.1, 0.15) is 30.9 Å². The number of aryl methyl sites for hydroxylation is 2. The highest BCUT2D eigenvalue weighted by Crippen LogP contribution is 2.34. The molecule has 1 aliphatic rings. The quantitative estimate of drug-likeness (QED) is 0.793. The number of rotatable bonds is 5. The first-order valence-corrected chi connectivity index (χ1v) is 7.95. The van der Waals surface area contributed by atoms with Crippen LogP contribution in [0.25, 0.3) is 10.8 Å². The van der Waals surface area contributed by atoms with Crippen LogP contribution in [0, 0.1) is 0 Å². The molecule has 0 radical (unpaired) electrons. The van der Waals surface area contributed by atoms with Crippen molar-refractivity contribution in [3.05, 3.63) is 41.5 Å². The van der Waals surface area contributed by atoms with Gasteiger partial charge >= 0.3 is 6.03 Å². The van der Waals surface area contributed by atoms with Gasteiger partial charge in [-0.1, -0.05) is 37.6 Å². The number of aliphatic hydroxyl groups excluding tert-OH is 1. The van der Waals surface area contributed by atoms with Crippen molar-refractivity contribution >= 4 is 22.5 Å². The van der Waals surface area contributed by atoms with Crippen LogP contribution in [-0.2, 0) is 12.8 Å². The summed E-state index contributed by atoms with van der Waals surface area (Å²) in [6.45, 7) is 2.29. The second-order valence-corrected chi connectivity index (χ2v) is 5.89. The molecule has 0 aromatic heterocycles. The summed E-state index contributed by atoms with van der Waals surface area (Å²) in [7, 11) is 0. The minimum absolute atomic E-state index is 0.270. The molecule has 0 spiro atoms. The summed E-state index contributed by atoms with van der Waals surface area (Å²) in [5.41, 5.74) is 3.54. The second kappa shape index (κ2) is 6.36.